The van der Waals surface area contributed by atoms with Crippen LogP contribution in [0.25, 0.3) is 0 Å². The van der Waals surface area contributed by atoms with Gasteiger partial charge in [-0.25, -0.2) is 4.98 Å². The summed E-state index contributed by atoms with van der Waals surface area (Å²) in [5, 5.41) is 2.74. The number of benzene rings is 1. The summed E-state index contributed by atoms with van der Waals surface area (Å²) in [7, 11) is 0. The molecule has 0 atom stereocenters. The van der Waals surface area contributed by atoms with Crippen LogP contribution in [0.15, 0.2) is 41.0 Å². The number of nitrogen functional groups attached to an aromatic ring is 1. The second-order valence-corrected chi connectivity index (χ2v) is 4.66. The lowest BCUT2D eigenvalue weighted by atomic mass is 10.1. The number of anilines is 2. The molecule has 3 N–H and O–H groups in total. The van der Waals surface area contributed by atoms with E-state index in [1.54, 1.807) is 30.5 Å². The third-order valence-corrected chi connectivity index (χ3v) is 3.25. The summed E-state index contributed by atoms with van der Waals surface area (Å²) >= 11 is 3.33. The largest absolute Gasteiger partial charge is 0.398 e. The molecule has 0 spiro atoms. The number of halogens is 1. The summed E-state index contributed by atoms with van der Waals surface area (Å²) in [5.74, 6) is 0.267. The van der Waals surface area contributed by atoms with Gasteiger partial charge in [-0.05, 0) is 52.7 Å². The molecule has 0 saturated carbocycles. The van der Waals surface area contributed by atoms with Crippen molar-refractivity contribution in [2.75, 3.05) is 11.1 Å². The fourth-order valence-corrected chi connectivity index (χ4v) is 1.91. The van der Waals surface area contributed by atoms with Gasteiger partial charge in [0.2, 0.25) is 0 Å². The number of aromatic nitrogens is 1. The van der Waals surface area contributed by atoms with Gasteiger partial charge in [-0.2, -0.15) is 0 Å². The zero-order chi connectivity index (χ0) is 13.1. The predicted molar refractivity (Wildman–Crippen MR) is 75.5 cm³/mol. The molecule has 1 heterocycles. The highest BCUT2D eigenvalue weighted by molar-refractivity contribution is 9.10. The lowest BCUT2D eigenvalue weighted by molar-refractivity contribution is 0.102. The fourth-order valence-electron chi connectivity index (χ4n) is 1.55. The van der Waals surface area contributed by atoms with Gasteiger partial charge in [0.15, 0.2) is 0 Å². The maximum absolute atomic E-state index is 12.1. The highest BCUT2D eigenvalue weighted by atomic mass is 79.9. The topological polar surface area (TPSA) is 68.0 Å². The second kappa shape index (κ2) is 5.18. The number of nitrogens with two attached hydrogens (primary N) is 1. The molecule has 0 saturated heterocycles. The van der Waals surface area contributed by atoms with E-state index in [0.717, 1.165) is 10.0 Å². The normalized spacial score (nSPS) is 10.1. The van der Waals surface area contributed by atoms with Crippen LogP contribution < -0.4 is 11.1 Å². The minimum atomic E-state index is -0.223. The van der Waals surface area contributed by atoms with Crippen LogP contribution in [0, 0.1) is 6.92 Å². The molecule has 1 aromatic carbocycles. The number of pyridine rings is 1. The molecule has 0 fully saturated rings. The number of rotatable bonds is 2. The number of hydrogen-bond donors (Lipinski definition) is 2. The van der Waals surface area contributed by atoms with Crippen molar-refractivity contribution >= 4 is 33.3 Å². The van der Waals surface area contributed by atoms with E-state index < -0.39 is 0 Å². The molecule has 18 heavy (non-hydrogen) atoms. The minimum Gasteiger partial charge on any atom is -0.398 e. The number of hydrogen-bond acceptors (Lipinski definition) is 3. The summed E-state index contributed by atoms with van der Waals surface area (Å²) in [6, 6.07) is 8.85. The molecule has 4 nitrogen and oxygen atoms in total. The smallest absolute Gasteiger partial charge is 0.257 e. The van der Waals surface area contributed by atoms with Crippen LogP contribution in [-0.4, -0.2) is 10.9 Å². The number of carbonyl (C=O) groups excluding carboxylic acids is 1. The molecule has 0 aliphatic rings. The highest BCUT2D eigenvalue weighted by Crippen LogP contribution is 2.21. The van der Waals surface area contributed by atoms with Gasteiger partial charge >= 0.3 is 0 Å². The quantitative estimate of drug-likeness (QED) is 0.838. The van der Waals surface area contributed by atoms with Gasteiger partial charge < -0.3 is 11.1 Å². The van der Waals surface area contributed by atoms with E-state index in [1.807, 2.05) is 13.0 Å². The molecule has 2 rings (SSSR count). The van der Waals surface area contributed by atoms with Crippen LogP contribution in [0.1, 0.15) is 15.9 Å². The minimum absolute atomic E-state index is 0.223. The van der Waals surface area contributed by atoms with Crippen LogP contribution in [0.4, 0.5) is 11.5 Å². The van der Waals surface area contributed by atoms with E-state index in [4.69, 9.17) is 5.73 Å². The average molecular weight is 306 g/mol. The van der Waals surface area contributed by atoms with Crippen LogP contribution in [-0.2, 0) is 0 Å². The molecular formula is C13H12BrN3O. The molecule has 0 aliphatic heterocycles. The van der Waals surface area contributed by atoms with Gasteiger partial charge in [0.25, 0.3) is 5.91 Å². The molecular weight excluding hydrogens is 294 g/mol. The maximum atomic E-state index is 12.1. The standard InChI is InChI=1S/C13H12BrN3O/c1-8-9(4-2-6-11(8)15)13(18)17-12-10(14)5-3-7-16-12/h2-7H,15H2,1H3,(H,16,17,18). The molecule has 92 valence electrons. The van der Waals surface area contributed by atoms with Crippen molar-refractivity contribution in [3.8, 4) is 0 Å². The lowest BCUT2D eigenvalue weighted by Gasteiger charge is -2.09. The first-order valence-electron chi connectivity index (χ1n) is 5.36. The Morgan fingerprint density at radius 2 is 2.11 bits per heavy atom. The fraction of sp³-hybridized carbons (Fsp3) is 0.0769. The Kier molecular flexibility index (Phi) is 3.62. The monoisotopic (exact) mass is 305 g/mol. The van der Waals surface area contributed by atoms with Crippen molar-refractivity contribution < 1.29 is 4.79 Å². The van der Waals surface area contributed by atoms with Gasteiger partial charge in [-0.1, -0.05) is 6.07 Å². The van der Waals surface area contributed by atoms with E-state index >= 15 is 0 Å². The SMILES string of the molecule is Cc1c(N)cccc1C(=O)Nc1ncccc1Br. The van der Waals surface area contributed by atoms with E-state index in [2.05, 4.69) is 26.2 Å². The van der Waals surface area contributed by atoms with Crippen molar-refractivity contribution in [1.29, 1.82) is 0 Å². The van der Waals surface area contributed by atoms with Gasteiger partial charge in [-0.3, -0.25) is 4.79 Å². The molecule has 1 amide bonds. The van der Waals surface area contributed by atoms with Gasteiger partial charge in [0, 0.05) is 17.4 Å². The number of carbonyl (C=O) groups is 1. The van der Waals surface area contributed by atoms with Crippen molar-refractivity contribution in [2.45, 2.75) is 6.92 Å². The Hall–Kier alpha value is -1.88. The summed E-state index contributed by atoms with van der Waals surface area (Å²) in [5.41, 5.74) is 7.69. The molecule has 1 aromatic heterocycles. The van der Waals surface area contributed by atoms with Gasteiger partial charge in [0.05, 0.1) is 4.47 Å². The summed E-state index contributed by atoms with van der Waals surface area (Å²) < 4.78 is 0.736. The molecule has 2 aromatic rings. The Morgan fingerprint density at radius 3 is 2.83 bits per heavy atom. The van der Waals surface area contributed by atoms with Crippen molar-refractivity contribution in [1.82, 2.24) is 4.98 Å². The number of nitrogens with one attached hydrogen (secondary N) is 1. The van der Waals surface area contributed by atoms with Gasteiger partial charge in [0.1, 0.15) is 5.82 Å². The number of nitrogens with zero attached hydrogens (tertiary/aromatic N) is 1. The Balaban J connectivity index is 2.28. The van der Waals surface area contributed by atoms with E-state index in [9.17, 15) is 4.79 Å². The summed E-state index contributed by atoms with van der Waals surface area (Å²) in [6.45, 7) is 1.82. The van der Waals surface area contributed by atoms with E-state index in [0.29, 0.717) is 17.1 Å². The molecule has 0 unspecified atom stereocenters. The summed E-state index contributed by atoms with van der Waals surface area (Å²) in [6.07, 6.45) is 1.62. The Morgan fingerprint density at radius 1 is 1.33 bits per heavy atom. The van der Waals surface area contributed by atoms with Crippen molar-refractivity contribution in [3.63, 3.8) is 0 Å². The first-order valence-corrected chi connectivity index (χ1v) is 6.16. The third kappa shape index (κ3) is 2.51. The van der Waals surface area contributed by atoms with Crippen LogP contribution >= 0.6 is 15.9 Å². The molecule has 0 radical (unpaired) electrons. The van der Waals surface area contributed by atoms with E-state index in [1.165, 1.54) is 0 Å². The van der Waals surface area contributed by atoms with Gasteiger partial charge in [-0.15, -0.1) is 0 Å². The second-order valence-electron chi connectivity index (χ2n) is 3.81. The predicted octanol–water partition coefficient (Wildman–Crippen LogP) is 2.99. The Bertz CT molecular complexity index is 599. The first kappa shape index (κ1) is 12.6. The maximum Gasteiger partial charge on any atom is 0.257 e. The molecule has 5 heteroatoms. The molecule has 0 aliphatic carbocycles. The van der Waals surface area contributed by atoms with Crippen LogP contribution in [0.2, 0.25) is 0 Å². The van der Waals surface area contributed by atoms with Crippen LogP contribution in [0.3, 0.4) is 0 Å². The zero-order valence-electron chi connectivity index (χ0n) is 9.77. The lowest BCUT2D eigenvalue weighted by Crippen LogP contribution is -2.15. The Labute approximate surface area is 113 Å². The molecule has 0 bridgehead atoms. The van der Waals surface area contributed by atoms with Crippen molar-refractivity contribution in [3.05, 3.63) is 52.1 Å². The number of amides is 1. The zero-order valence-corrected chi connectivity index (χ0v) is 11.4. The van der Waals surface area contributed by atoms with E-state index in [-0.39, 0.29) is 5.91 Å². The first-order chi connectivity index (χ1) is 8.59. The third-order valence-electron chi connectivity index (χ3n) is 2.61. The summed E-state index contributed by atoms with van der Waals surface area (Å²) in [4.78, 5) is 16.2. The highest BCUT2D eigenvalue weighted by Gasteiger charge is 2.12. The van der Waals surface area contributed by atoms with Crippen LogP contribution in [0.5, 0.6) is 0 Å². The average Bonchev–Trinajstić information content (AvgIpc) is 2.35. The van der Waals surface area contributed by atoms with Crippen molar-refractivity contribution in [2.24, 2.45) is 0 Å².